The van der Waals surface area contributed by atoms with Crippen LogP contribution >= 0.6 is 0 Å². The Kier molecular flexibility index (Phi) is 5.01. The fraction of sp³-hybridized carbons (Fsp3) is 0.417. The number of hydrogen-bond donors (Lipinski definition) is 0. The second-order valence-electron chi connectivity index (χ2n) is 4.90. The summed E-state index contributed by atoms with van der Waals surface area (Å²) in [7, 11) is -0.799. The van der Waals surface area contributed by atoms with Crippen LogP contribution in [0, 0.1) is 6.54 Å². The van der Waals surface area contributed by atoms with Crippen LogP contribution in [0.15, 0.2) is 12.1 Å². The number of methoxy groups -OCH3 is 2. The quantitative estimate of drug-likeness (QED) is 0.552. The van der Waals surface area contributed by atoms with Crippen molar-refractivity contribution in [3.05, 3.63) is 29.8 Å². The molecule has 0 aromatic heterocycles. The van der Waals surface area contributed by atoms with Crippen molar-refractivity contribution >= 4 is 7.11 Å². The maximum Gasteiger partial charge on any atom is 1.00 e. The van der Waals surface area contributed by atoms with Crippen LogP contribution in [0.2, 0.25) is 0 Å². The van der Waals surface area contributed by atoms with Crippen molar-refractivity contribution in [1.29, 1.82) is 0 Å². The Hall–Kier alpha value is -0.898. The summed E-state index contributed by atoms with van der Waals surface area (Å²) in [5.41, 5.74) is 1.42. The summed E-state index contributed by atoms with van der Waals surface area (Å²) in [5.74, 6) is 0.990. The zero-order valence-electron chi connectivity index (χ0n) is 12.1. The Bertz CT molecular complexity index is 498. The minimum atomic E-state index is -4.97. The number of hydrogen-bond acceptors (Lipinski definition) is 2. The molecule has 1 aromatic carbocycles. The van der Waals surface area contributed by atoms with Crippen LogP contribution in [-0.4, -0.2) is 39.3 Å². The number of ether oxygens (including phenoxy) is 2. The Morgan fingerprint density at radius 2 is 1.70 bits per heavy atom. The van der Waals surface area contributed by atoms with Gasteiger partial charge in [0.2, 0.25) is 0 Å². The first-order valence-electron chi connectivity index (χ1n) is 5.96. The molecular weight excluding hydrogens is 265 g/mol. The van der Waals surface area contributed by atoms with E-state index in [9.17, 15) is 12.9 Å². The summed E-state index contributed by atoms with van der Waals surface area (Å²) in [5, 5.41) is 0. The zero-order chi connectivity index (χ0) is 14.3. The summed E-state index contributed by atoms with van der Waals surface area (Å²) in [6, 6.07) is 3.35. The van der Waals surface area contributed by atoms with Crippen LogP contribution in [0.25, 0.3) is 0 Å². The van der Waals surface area contributed by atoms with Gasteiger partial charge in [-0.3, -0.25) is 0 Å². The van der Waals surface area contributed by atoms with Gasteiger partial charge in [-0.15, -0.1) is 17.2 Å². The van der Waals surface area contributed by atoms with Crippen LogP contribution in [-0.2, 0) is 6.42 Å². The molecule has 2 rings (SSSR count). The summed E-state index contributed by atoms with van der Waals surface area (Å²) in [6.07, 6.45) is 0.365. The molecule has 1 atom stereocenters. The topological polar surface area (TPSA) is 18.5 Å². The van der Waals surface area contributed by atoms with E-state index in [0.29, 0.717) is 23.5 Å². The van der Waals surface area contributed by atoms with Gasteiger partial charge in [-0.1, -0.05) is 6.07 Å². The molecule has 0 bridgehead atoms. The molecule has 106 valence electrons. The van der Waals surface area contributed by atoms with Gasteiger partial charge in [0.1, 0.15) is 11.5 Å². The fourth-order valence-electron chi connectivity index (χ4n) is 2.25. The van der Waals surface area contributed by atoms with Crippen molar-refractivity contribution < 1.29 is 45.7 Å². The largest absolute Gasteiger partial charge is 1.00 e. The Balaban J connectivity index is 0.00000200. The number of fused-ring (bicyclic) bond motifs is 1. The normalized spacial score (nSPS) is 21.3. The standard InChI is InChI=1S/C12H16BF3NO2.Li/c1-17(13(14,15)16)5-4-9-6-11(18-2)12(19-3)7-10(9)8-17;/h6-8H,4-5H2,1-3H3;/q-1;+1. The molecule has 1 heterocycles. The number of rotatable bonds is 3. The first-order valence-corrected chi connectivity index (χ1v) is 5.96. The molecule has 1 unspecified atom stereocenters. The van der Waals surface area contributed by atoms with Crippen molar-refractivity contribution in [2.45, 2.75) is 6.42 Å². The van der Waals surface area contributed by atoms with Crippen LogP contribution in [0.1, 0.15) is 11.1 Å². The number of benzene rings is 1. The molecule has 1 aliphatic rings. The average Bonchev–Trinajstić information content (AvgIpc) is 2.35. The van der Waals surface area contributed by atoms with E-state index in [1.54, 1.807) is 12.1 Å². The van der Waals surface area contributed by atoms with Crippen LogP contribution in [0.4, 0.5) is 12.9 Å². The van der Waals surface area contributed by atoms with E-state index in [-0.39, 0.29) is 25.4 Å². The predicted octanol–water partition coefficient (Wildman–Crippen LogP) is -0.436. The van der Waals surface area contributed by atoms with Gasteiger partial charge >= 0.3 is 26.0 Å². The third kappa shape index (κ3) is 2.90. The van der Waals surface area contributed by atoms with Gasteiger partial charge in [-0.2, -0.15) is 0 Å². The molecule has 0 N–H and O–H groups in total. The number of quaternary nitrogens is 1. The van der Waals surface area contributed by atoms with Crippen molar-refractivity contribution in [1.82, 2.24) is 0 Å². The van der Waals surface area contributed by atoms with E-state index < -0.39 is 11.5 Å². The Morgan fingerprint density at radius 3 is 2.20 bits per heavy atom. The van der Waals surface area contributed by atoms with E-state index in [1.165, 1.54) is 27.8 Å². The van der Waals surface area contributed by atoms with E-state index in [4.69, 9.17) is 9.47 Å². The van der Waals surface area contributed by atoms with Crippen LogP contribution in [0.3, 0.4) is 0 Å². The SMILES string of the molecule is COc1cc2c(cc1OC)CC[N+](C)([B-](F)(F)F)[CH-]2.[Li+]. The van der Waals surface area contributed by atoms with Gasteiger partial charge in [0.25, 0.3) is 0 Å². The first kappa shape index (κ1) is 17.2. The molecular formula is C12H16BF3LiNO2. The van der Waals surface area contributed by atoms with Crippen molar-refractivity contribution in [3.63, 3.8) is 0 Å². The van der Waals surface area contributed by atoms with E-state index >= 15 is 0 Å². The molecule has 0 aliphatic carbocycles. The second-order valence-corrected chi connectivity index (χ2v) is 4.90. The second kappa shape index (κ2) is 5.84. The number of halogens is 3. The third-order valence-corrected chi connectivity index (χ3v) is 3.61. The average molecular weight is 281 g/mol. The van der Waals surface area contributed by atoms with Crippen LogP contribution < -0.4 is 28.3 Å². The smallest absolute Gasteiger partial charge is 0.506 e. The summed E-state index contributed by atoms with van der Waals surface area (Å²) >= 11 is 0. The summed E-state index contributed by atoms with van der Waals surface area (Å²) in [6.45, 7) is 1.27. The minimum Gasteiger partial charge on any atom is -0.506 e. The molecule has 1 aliphatic heterocycles. The molecule has 0 saturated carbocycles. The molecule has 8 heteroatoms. The number of likely N-dealkylation sites (N-methyl/N-ethyl adjacent to an activating group) is 1. The Labute approximate surface area is 128 Å². The predicted molar refractivity (Wildman–Crippen MR) is 66.8 cm³/mol. The van der Waals surface area contributed by atoms with Crippen molar-refractivity contribution in [3.8, 4) is 11.5 Å². The van der Waals surface area contributed by atoms with E-state index in [2.05, 4.69) is 0 Å². The van der Waals surface area contributed by atoms with Crippen LogP contribution in [0.5, 0.6) is 11.5 Å². The first-order chi connectivity index (χ1) is 8.80. The third-order valence-electron chi connectivity index (χ3n) is 3.61. The fourth-order valence-corrected chi connectivity index (χ4v) is 2.25. The van der Waals surface area contributed by atoms with Gasteiger partial charge in [-0.25, -0.2) is 0 Å². The zero-order valence-corrected chi connectivity index (χ0v) is 12.1. The van der Waals surface area contributed by atoms with Gasteiger partial charge in [-0.05, 0) is 13.0 Å². The van der Waals surface area contributed by atoms with Gasteiger partial charge in [0.15, 0.2) is 0 Å². The molecule has 0 saturated heterocycles. The van der Waals surface area contributed by atoms with E-state index in [0.717, 1.165) is 5.56 Å². The summed E-state index contributed by atoms with van der Waals surface area (Å²) < 4.78 is 48.6. The molecule has 1 aromatic rings. The van der Waals surface area contributed by atoms with Gasteiger partial charge < -0.3 is 26.8 Å². The van der Waals surface area contributed by atoms with Crippen molar-refractivity contribution in [2.24, 2.45) is 0 Å². The van der Waals surface area contributed by atoms with E-state index in [1.807, 2.05) is 0 Å². The van der Waals surface area contributed by atoms with Crippen molar-refractivity contribution in [2.75, 3.05) is 27.8 Å². The van der Waals surface area contributed by atoms with Gasteiger partial charge in [0.05, 0.1) is 14.2 Å². The maximum atomic E-state index is 13.1. The molecule has 0 spiro atoms. The summed E-state index contributed by atoms with van der Waals surface area (Å²) in [4.78, 5) is 0. The molecule has 20 heavy (non-hydrogen) atoms. The molecule has 3 nitrogen and oxygen atoms in total. The molecule has 0 amide bonds. The monoisotopic (exact) mass is 281 g/mol. The molecule has 0 radical (unpaired) electrons. The van der Waals surface area contributed by atoms with Gasteiger partial charge in [0, 0.05) is 13.6 Å². The Morgan fingerprint density at radius 1 is 1.15 bits per heavy atom. The molecule has 0 fully saturated rings. The minimum absolute atomic E-state index is 0. The number of nitrogens with zero attached hydrogens (tertiary/aromatic N) is 1. The maximum absolute atomic E-state index is 13.1.